The van der Waals surface area contributed by atoms with Crippen molar-refractivity contribution < 1.29 is 24.5 Å². The van der Waals surface area contributed by atoms with Gasteiger partial charge in [0, 0.05) is 20.8 Å². The number of esters is 1. The Balaban J connectivity index is 1.97. The molecule has 134 valence electrons. The molecule has 27 heavy (non-hydrogen) atoms. The van der Waals surface area contributed by atoms with Gasteiger partial charge < -0.3 is 19.7 Å². The first-order valence-corrected chi connectivity index (χ1v) is 10.1. The number of carbonyl (C=O) groups is 1. The van der Waals surface area contributed by atoms with Crippen LogP contribution in [0.3, 0.4) is 0 Å². The third kappa shape index (κ3) is 2.18. The molecule has 5 nitrogen and oxygen atoms in total. The summed E-state index contributed by atoms with van der Waals surface area (Å²) < 4.78 is 13.1. The Morgan fingerprint density at radius 1 is 0.926 bits per heavy atom. The number of rotatable bonds is 0. The molecule has 1 atom stereocenters. The lowest BCUT2D eigenvalue weighted by Gasteiger charge is -2.37. The largest absolute Gasteiger partial charge is 0.507 e. The molecule has 7 heteroatoms. The van der Waals surface area contributed by atoms with E-state index in [4.69, 9.17) is 9.47 Å². The van der Waals surface area contributed by atoms with Crippen molar-refractivity contribution in [2.75, 3.05) is 0 Å². The van der Waals surface area contributed by atoms with Crippen molar-refractivity contribution in [2.45, 2.75) is 5.60 Å². The maximum atomic E-state index is 12.7. The van der Waals surface area contributed by atoms with Crippen molar-refractivity contribution in [2.24, 2.45) is 0 Å². The summed E-state index contributed by atoms with van der Waals surface area (Å²) in [5.41, 5.74) is 0.696. The van der Waals surface area contributed by atoms with Crippen LogP contribution in [0, 0.1) is 7.14 Å². The summed E-state index contributed by atoms with van der Waals surface area (Å²) in [5, 5.41) is 21.1. The normalized spacial score (nSPS) is 19.1. The molecule has 0 fully saturated rings. The number of benzene rings is 3. The van der Waals surface area contributed by atoms with Crippen LogP contribution in [0.2, 0.25) is 0 Å². The molecule has 0 aromatic heterocycles. The van der Waals surface area contributed by atoms with Crippen LogP contribution in [0.1, 0.15) is 27.0 Å². The Labute approximate surface area is 181 Å². The van der Waals surface area contributed by atoms with Crippen molar-refractivity contribution in [3.63, 3.8) is 0 Å². The first-order chi connectivity index (χ1) is 12.9. The topological polar surface area (TPSA) is 76.0 Å². The molecule has 0 saturated carbocycles. The van der Waals surface area contributed by atoms with Crippen molar-refractivity contribution in [3.8, 4) is 23.0 Å². The van der Waals surface area contributed by atoms with Gasteiger partial charge in [0.25, 0.3) is 0 Å². The number of carbonyl (C=O) groups excluding carboxylic acids is 1. The second kappa shape index (κ2) is 5.74. The third-order valence-corrected chi connectivity index (χ3v) is 6.58. The summed E-state index contributed by atoms with van der Waals surface area (Å²) in [4.78, 5) is 12.7. The average Bonchev–Trinajstić information content (AvgIpc) is 2.94. The van der Waals surface area contributed by atoms with Crippen LogP contribution in [0.5, 0.6) is 23.0 Å². The van der Waals surface area contributed by atoms with E-state index in [0.29, 0.717) is 28.0 Å². The first-order valence-electron chi connectivity index (χ1n) is 7.99. The number of phenolic OH excluding ortho intramolecular Hbond substituents is 2. The Morgan fingerprint density at radius 2 is 1.70 bits per heavy atom. The van der Waals surface area contributed by atoms with Crippen LogP contribution in [0.25, 0.3) is 0 Å². The molecule has 2 heterocycles. The predicted molar refractivity (Wildman–Crippen MR) is 113 cm³/mol. The van der Waals surface area contributed by atoms with Crippen LogP contribution in [-0.2, 0) is 10.3 Å². The fourth-order valence-corrected chi connectivity index (χ4v) is 4.67. The van der Waals surface area contributed by atoms with Crippen LogP contribution >= 0.6 is 45.2 Å². The van der Waals surface area contributed by atoms with Crippen LogP contribution in [0.4, 0.5) is 0 Å². The van der Waals surface area contributed by atoms with E-state index in [-0.39, 0.29) is 20.8 Å². The minimum absolute atomic E-state index is 0.103. The molecule has 3 aromatic carbocycles. The van der Waals surface area contributed by atoms with Gasteiger partial charge in [0.05, 0.1) is 14.7 Å². The molecular formula is C20H10I2O5. The summed E-state index contributed by atoms with van der Waals surface area (Å²) in [6.45, 7) is 0. The molecule has 0 aliphatic carbocycles. The van der Waals surface area contributed by atoms with Gasteiger partial charge in [-0.25, -0.2) is 4.79 Å². The summed E-state index contributed by atoms with van der Waals surface area (Å²) in [5.74, 6) is 0.0231. The second-order valence-corrected chi connectivity index (χ2v) is 8.61. The zero-order valence-corrected chi connectivity index (χ0v) is 17.8. The number of aromatic hydroxyl groups is 2. The van der Waals surface area contributed by atoms with Crippen LogP contribution in [-0.4, -0.2) is 16.2 Å². The van der Waals surface area contributed by atoms with E-state index in [1.165, 1.54) is 6.07 Å². The molecule has 2 N–H and O–H groups in total. The van der Waals surface area contributed by atoms with E-state index in [1.54, 1.807) is 18.2 Å². The van der Waals surface area contributed by atoms with Gasteiger partial charge >= 0.3 is 5.97 Å². The van der Waals surface area contributed by atoms with E-state index in [9.17, 15) is 15.0 Å². The number of fused-ring (bicyclic) bond motifs is 6. The van der Waals surface area contributed by atoms with E-state index in [2.05, 4.69) is 22.6 Å². The molecule has 0 bridgehead atoms. The predicted octanol–water partition coefficient (Wildman–Crippen LogP) is 4.88. The Hall–Kier alpha value is -2.01. The average molecular weight is 584 g/mol. The Kier molecular flexibility index (Phi) is 3.64. The van der Waals surface area contributed by atoms with Gasteiger partial charge in [0.2, 0.25) is 0 Å². The summed E-state index contributed by atoms with van der Waals surface area (Å²) in [6, 6.07) is 14.1. The van der Waals surface area contributed by atoms with Crippen molar-refractivity contribution in [1.82, 2.24) is 0 Å². The van der Waals surface area contributed by atoms with Gasteiger partial charge in [-0.2, -0.15) is 0 Å². The van der Waals surface area contributed by atoms with Crippen LogP contribution in [0.15, 0.2) is 48.5 Å². The highest BCUT2D eigenvalue weighted by molar-refractivity contribution is 14.1. The smallest absolute Gasteiger partial charge is 0.340 e. The summed E-state index contributed by atoms with van der Waals surface area (Å²) in [6.07, 6.45) is 0. The molecule has 2 aliphatic heterocycles. The highest BCUT2D eigenvalue weighted by atomic mass is 127. The fourth-order valence-electron chi connectivity index (χ4n) is 3.75. The number of ether oxygens (including phenoxy) is 2. The molecule has 0 saturated heterocycles. The summed E-state index contributed by atoms with van der Waals surface area (Å²) in [7, 11) is 0. The minimum Gasteiger partial charge on any atom is -0.507 e. The zero-order chi connectivity index (χ0) is 18.9. The lowest BCUT2D eigenvalue weighted by molar-refractivity contribution is 0.0217. The zero-order valence-electron chi connectivity index (χ0n) is 13.5. The maximum absolute atomic E-state index is 12.7. The number of hydrogen-bond acceptors (Lipinski definition) is 5. The van der Waals surface area contributed by atoms with Gasteiger partial charge in [0.15, 0.2) is 5.60 Å². The van der Waals surface area contributed by atoms with E-state index < -0.39 is 11.6 Å². The van der Waals surface area contributed by atoms with Crippen molar-refractivity contribution >= 4 is 51.2 Å². The van der Waals surface area contributed by atoms with Gasteiger partial charge in [-0.1, -0.05) is 18.2 Å². The summed E-state index contributed by atoms with van der Waals surface area (Å²) >= 11 is 4.04. The second-order valence-electron chi connectivity index (χ2n) is 6.29. The highest BCUT2D eigenvalue weighted by Gasteiger charge is 2.55. The van der Waals surface area contributed by atoms with Crippen molar-refractivity contribution in [3.05, 3.63) is 77.9 Å². The number of hydrogen-bond donors (Lipinski definition) is 2. The lowest BCUT2D eigenvalue weighted by atomic mass is 9.77. The molecule has 1 unspecified atom stereocenters. The molecule has 0 amide bonds. The Morgan fingerprint density at radius 3 is 2.52 bits per heavy atom. The first kappa shape index (κ1) is 17.1. The van der Waals surface area contributed by atoms with E-state index in [1.807, 2.05) is 46.9 Å². The molecule has 1 spiro atoms. The molecular weight excluding hydrogens is 574 g/mol. The molecule has 3 aromatic rings. The fraction of sp³-hybridized carbons (Fsp3) is 0.0500. The quantitative estimate of drug-likeness (QED) is 0.292. The van der Waals surface area contributed by atoms with Gasteiger partial charge in [0.1, 0.15) is 23.0 Å². The lowest BCUT2D eigenvalue weighted by Crippen LogP contribution is -2.33. The van der Waals surface area contributed by atoms with Gasteiger partial charge in [-0.15, -0.1) is 0 Å². The third-order valence-electron chi connectivity index (χ3n) is 4.85. The molecule has 2 aliphatic rings. The molecule has 0 radical (unpaired) electrons. The molecule has 5 rings (SSSR count). The highest BCUT2D eigenvalue weighted by Crippen LogP contribution is 2.60. The maximum Gasteiger partial charge on any atom is 0.340 e. The monoisotopic (exact) mass is 584 g/mol. The number of phenols is 2. The standard InChI is InChI=1S/C20H10I2O5/c21-9-5-6-14-12(7-9)20(11-4-2-1-3-10(11)19(25)27-20)16-15(26-14)8-13(23)17(22)18(16)24/h1-8,23-24H. The SMILES string of the molecule is O=C1OC2(c3cc(I)ccc3Oc3cc(O)c(I)c(O)c32)c2ccccc21. The van der Waals surface area contributed by atoms with E-state index >= 15 is 0 Å². The van der Waals surface area contributed by atoms with Crippen LogP contribution < -0.4 is 4.74 Å². The van der Waals surface area contributed by atoms with Gasteiger partial charge in [-0.05, 0) is 69.4 Å². The van der Waals surface area contributed by atoms with Gasteiger partial charge in [-0.3, -0.25) is 0 Å². The number of halogens is 2. The van der Waals surface area contributed by atoms with Crippen molar-refractivity contribution in [1.29, 1.82) is 0 Å². The van der Waals surface area contributed by atoms with E-state index in [0.717, 1.165) is 3.57 Å². The minimum atomic E-state index is -1.34. The Bertz CT molecular complexity index is 1160.